The molecule has 0 aliphatic rings. The normalized spacial score (nSPS) is 10.5. The fourth-order valence-electron chi connectivity index (χ4n) is 1.73. The molecule has 0 aliphatic heterocycles. The highest BCUT2D eigenvalue weighted by atomic mass is 35.5. The van der Waals surface area contributed by atoms with Gasteiger partial charge in [0.2, 0.25) is 0 Å². The minimum Gasteiger partial charge on any atom is -0.484 e. The summed E-state index contributed by atoms with van der Waals surface area (Å²) in [7, 11) is 0. The first-order valence-electron chi connectivity index (χ1n) is 6.69. The van der Waals surface area contributed by atoms with Crippen LogP contribution in [0.25, 0.3) is 0 Å². The van der Waals surface area contributed by atoms with Gasteiger partial charge in [0.1, 0.15) is 11.6 Å². The highest BCUT2D eigenvalue weighted by molar-refractivity contribution is 6.30. The number of carbonyl (C=O) groups excluding carboxylic acids is 1. The average Bonchev–Trinajstić information content (AvgIpc) is 2.48. The van der Waals surface area contributed by atoms with Gasteiger partial charge in [0.25, 0.3) is 5.91 Å². The van der Waals surface area contributed by atoms with Gasteiger partial charge in [-0.2, -0.15) is 0 Å². The average molecular weight is 305 g/mol. The Balaban J connectivity index is 1.84. The molecule has 1 aromatic heterocycles. The van der Waals surface area contributed by atoms with Gasteiger partial charge in [0, 0.05) is 6.20 Å². The first-order valence-corrected chi connectivity index (χ1v) is 7.06. The number of aromatic nitrogens is 1. The molecule has 110 valence electrons. The van der Waals surface area contributed by atoms with Crippen molar-refractivity contribution in [3.05, 3.63) is 53.2 Å². The van der Waals surface area contributed by atoms with Crippen molar-refractivity contribution < 1.29 is 9.53 Å². The number of hydrogen-bond acceptors (Lipinski definition) is 3. The van der Waals surface area contributed by atoms with E-state index >= 15 is 0 Å². The van der Waals surface area contributed by atoms with Gasteiger partial charge in [-0.3, -0.25) is 4.79 Å². The summed E-state index contributed by atoms with van der Waals surface area (Å²) < 4.78 is 5.43. The summed E-state index contributed by atoms with van der Waals surface area (Å²) in [6.45, 7) is 4.19. The van der Waals surface area contributed by atoms with Gasteiger partial charge >= 0.3 is 0 Å². The van der Waals surface area contributed by atoms with Crippen LogP contribution in [0.5, 0.6) is 5.75 Å². The minimum atomic E-state index is -0.266. The van der Waals surface area contributed by atoms with Crippen LogP contribution in [0.1, 0.15) is 25.3 Å². The van der Waals surface area contributed by atoms with Crippen LogP contribution in [0.4, 0.5) is 5.82 Å². The monoisotopic (exact) mass is 304 g/mol. The number of hydrogen-bond donors (Lipinski definition) is 1. The number of amides is 1. The Morgan fingerprint density at radius 3 is 2.52 bits per heavy atom. The van der Waals surface area contributed by atoms with Crippen LogP contribution < -0.4 is 10.1 Å². The van der Waals surface area contributed by atoms with Gasteiger partial charge in [0.05, 0.1) is 5.02 Å². The van der Waals surface area contributed by atoms with Crippen molar-refractivity contribution in [3.8, 4) is 5.75 Å². The number of nitrogens with one attached hydrogen (secondary N) is 1. The molecule has 2 aromatic rings. The van der Waals surface area contributed by atoms with Crippen LogP contribution in [-0.4, -0.2) is 17.5 Å². The maximum Gasteiger partial charge on any atom is 0.263 e. The van der Waals surface area contributed by atoms with E-state index in [2.05, 4.69) is 24.1 Å². The largest absolute Gasteiger partial charge is 0.484 e. The molecule has 5 heteroatoms. The molecule has 0 aliphatic carbocycles. The Morgan fingerprint density at radius 2 is 1.95 bits per heavy atom. The highest BCUT2D eigenvalue weighted by Gasteiger charge is 2.05. The minimum absolute atomic E-state index is 0.0642. The lowest BCUT2D eigenvalue weighted by molar-refractivity contribution is -0.118. The third-order valence-corrected chi connectivity index (χ3v) is 3.14. The number of halogens is 1. The van der Waals surface area contributed by atoms with Gasteiger partial charge < -0.3 is 10.1 Å². The number of pyridine rings is 1. The van der Waals surface area contributed by atoms with Crippen molar-refractivity contribution in [2.45, 2.75) is 19.8 Å². The molecule has 0 fully saturated rings. The van der Waals surface area contributed by atoms with Gasteiger partial charge in [0.15, 0.2) is 6.61 Å². The molecular formula is C16H17ClN2O2. The van der Waals surface area contributed by atoms with E-state index in [0.29, 0.717) is 22.5 Å². The zero-order valence-corrected chi connectivity index (χ0v) is 12.7. The van der Waals surface area contributed by atoms with E-state index in [1.165, 1.54) is 11.8 Å². The molecule has 1 aromatic carbocycles. The van der Waals surface area contributed by atoms with Crippen LogP contribution >= 0.6 is 11.6 Å². The molecule has 0 spiro atoms. The molecule has 21 heavy (non-hydrogen) atoms. The van der Waals surface area contributed by atoms with Crippen LogP contribution in [0.15, 0.2) is 42.6 Å². The summed E-state index contributed by atoms with van der Waals surface area (Å²) in [5.41, 5.74) is 1.23. The molecule has 0 atom stereocenters. The maximum atomic E-state index is 11.7. The summed E-state index contributed by atoms with van der Waals surface area (Å²) in [4.78, 5) is 15.7. The first-order chi connectivity index (χ1) is 10.0. The standard InChI is InChI=1S/C16H17ClN2O2/c1-11(2)12-3-6-14(7-4-12)21-10-16(20)19-15-8-5-13(17)9-18-15/h3-9,11H,10H2,1-2H3,(H,18,19,20). The Hall–Kier alpha value is -2.07. The van der Waals surface area contributed by atoms with Crippen molar-refractivity contribution >= 4 is 23.3 Å². The summed E-state index contributed by atoms with van der Waals surface area (Å²) in [5.74, 6) is 1.32. The fourth-order valence-corrected chi connectivity index (χ4v) is 1.84. The predicted octanol–water partition coefficient (Wildman–Crippen LogP) is 3.88. The second-order valence-corrected chi connectivity index (χ2v) is 5.36. The predicted molar refractivity (Wildman–Crippen MR) is 83.9 cm³/mol. The molecule has 4 nitrogen and oxygen atoms in total. The molecule has 0 saturated carbocycles. The van der Waals surface area contributed by atoms with E-state index in [-0.39, 0.29) is 12.5 Å². The Labute approximate surface area is 129 Å². The summed E-state index contributed by atoms with van der Waals surface area (Å²) >= 11 is 5.72. The van der Waals surface area contributed by atoms with E-state index in [4.69, 9.17) is 16.3 Å². The number of rotatable bonds is 5. The molecule has 0 radical (unpaired) electrons. The zero-order chi connectivity index (χ0) is 15.2. The second-order valence-electron chi connectivity index (χ2n) is 4.92. The third kappa shape index (κ3) is 4.76. The van der Waals surface area contributed by atoms with E-state index in [0.717, 1.165) is 0 Å². The number of carbonyl (C=O) groups is 1. The Morgan fingerprint density at radius 1 is 1.24 bits per heavy atom. The van der Waals surface area contributed by atoms with Gasteiger partial charge in [-0.15, -0.1) is 0 Å². The van der Waals surface area contributed by atoms with Crippen LogP contribution in [0.3, 0.4) is 0 Å². The number of anilines is 1. The molecule has 1 N–H and O–H groups in total. The molecule has 1 amide bonds. The molecule has 0 bridgehead atoms. The SMILES string of the molecule is CC(C)c1ccc(OCC(=O)Nc2ccc(Cl)cn2)cc1. The van der Waals surface area contributed by atoms with E-state index < -0.39 is 0 Å². The number of benzene rings is 1. The third-order valence-electron chi connectivity index (χ3n) is 2.91. The first kappa shape index (κ1) is 15.3. The van der Waals surface area contributed by atoms with Gasteiger partial charge in [-0.1, -0.05) is 37.6 Å². The molecule has 2 rings (SSSR count). The lowest BCUT2D eigenvalue weighted by Gasteiger charge is -2.09. The Kier molecular flexibility index (Phi) is 5.17. The second kappa shape index (κ2) is 7.09. The van der Waals surface area contributed by atoms with Crippen molar-refractivity contribution in [1.29, 1.82) is 0 Å². The maximum absolute atomic E-state index is 11.7. The number of ether oxygens (including phenoxy) is 1. The van der Waals surface area contributed by atoms with E-state index in [1.54, 1.807) is 12.1 Å². The quantitative estimate of drug-likeness (QED) is 0.912. The Bertz CT molecular complexity index is 595. The lowest BCUT2D eigenvalue weighted by atomic mass is 10.0. The van der Waals surface area contributed by atoms with Gasteiger partial charge in [-0.05, 0) is 35.7 Å². The molecule has 0 unspecified atom stereocenters. The fraction of sp³-hybridized carbons (Fsp3) is 0.250. The van der Waals surface area contributed by atoms with Crippen molar-refractivity contribution in [2.24, 2.45) is 0 Å². The lowest BCUT2D eigenvalue weighted by Crippen LogP contribution is -2.20. The van der Waals surface area contributed by atoms with Crippen LogP contribution in [0, 0.1) is 0 Å². The summed E-state index contributed by atoms with van der Waals surface area (Å²) in [5, 5.41) is 3.16. The topological polar surface area (TPSA) is 51.2 Å². The van der Waals surface area contributed by atoms with Crippen LogP contribution in [-0.2, 0) is 4.79 Å². The van der Waals surface area contributed by atoms with E-state index in [9.17, 15) is 4.79 Å². The summed E-state index contributed by atoms with van der Waals surface area (Å²) in [6, 6.07) is 11.0. The highest BCUT2D eigenvalue weighted by Crippen LogP contribution is 2.18. The van der Waals surface area contributed by atoms with E-state index in [1.807, 2.05) is 24.3 Å². The molecular weight excluding hydrogens is 288 g/mol. The van der Waals surface area contributed by atoms with Crippen LogP contribution in [0.2, 0.25) is 5.02 Å². The molecule has 0 saturated heterocycles. The van der Waals surface area contributed by atoms with Gasteiger partial charge in [-0.25, -0.2) is 4.98 Å². The summed E-state index contributed by atoms with van der Waals surface area (Å²) in [6.07, 6.45) is 1.47. The zero-order valence-electron chi connectivity index (χ0n) is 12.0. The van der Waals surface area contributed by atoms with Crippen molar-refractivity contribution in [3.63, 3.8) is 0 Å². The van der Waals surface area contributed by atoms with Crippen molar-refractivity contribution in [2.75, 3.05) is 11.9 Å². The number of nitrogens with zero attached hydrogens (tertiary/aromatic N) is 1. The smallest absolute Gasteiger partial charge is 0.263 e. The molecule has 1 heterocycles. The van der Waals surface area contributed by atoms with Crippen molar-refractivity contribution in [1.82, 2.24) is 4.98 Å².